The average Bonchev–Trinajstić information content (AvgIpc) is 2.92. The smallest absolute Gasteiger partial charge is 0.262 e. The molecule has 0 saturated heterocycles. The molecular weight excluding hydrogens is 383 g/mol. The first-order chi connectivity index (χ1) is 13.3. The Morgan fingerprint density at radius 3 is 2.71 bits per heavy atom. The lowest BCUT2D eigenvalue weighted by molar-refractivity contribution is -0.116. The van der Waals surface area contributed by atoms with Gasteiger partial charge in [-0.2, -0.15) is 0 Å². The molecule has 0 fully saturated rings. The van der Waals surface area contributed by atoms with Crippen molar-refractivity contribution in [3.63, 3.8) is 0 Å². The van der Waals surface area contributed by atoms with Crippen LogP contribution in [0, 0.1) is 19.7 Å². The van der Waals surface area contributed by atoms with Crippen molar-refractivity contribution in [2.45, 2.75) is 33.7 Å². The normalized spacial score (nSPS) is 10.9. The number of thiophene rings is 1. The molecule has 7 nitrogen and oxygen atoms in total. The lowest BCUT2D eigenvalue weighted by Gasteiger charge is -2.10. The second-order valence-corrected chi connectivity index (χ2v) is 7.58. The van der Waals surface area contributed by atoms with Crippen molar-refractivity contribution in [1.82, 2.24) is 9.55 Å². The Kier molecular flexibility index (Phi) is 5.55. The molecule has 0 bridgehead atoms. The second-order valence-electron chi connectivity index (χ2n) is 6.38. The number of anilines is 2. The summed E-state index contributed by atoms with van der Waals surface area (Å²) in [7, 11) is 0. The molecule has 0 atom stereocenters. The monoisotopic (exact) mass is 402 g/mol. The molecule has 1 aromatic carbocycles. The Hall–Kier alpha value is -3.07. The SMILES string of the molecule is CC(=O)Nc1cc(NC(=O)CCn2cnc3sc(C)c(C)c3c2=O)ccc1F. The molecule has 0 saturated carbocycles. The molecule has 0 aliphatic heterocycles. The predicted molar refractivity (Wildman–Crippen MR) is 107 cm³/mol. The highest BCUT2D eigenvalue weighted by Crippen LogP contribution is 2.25. The van der Waals surface area contributed by atoms with Crippen LogP contribution >= 0.6 is 11.3 Å². The van der Waals surface area contributed by atoms with Gasteiger partial charge >= 0.3 is 0 Å². The summed E-state index contributed by atoms with van der Waals surface area (Å²) in [5, 5.41) is 5.58. The maximum absolute atomic E-state index is 13.7. The van der Waals surface area contributed by atoms with Crippen LogP contribution in [0.5, 0.6) is 0 Å². The zero-order chi connectivity index (χ0) is 20.4. The van der Waals surface area contributed by atoms with Crippen molar-refractivity contribution in [2.24, 2.45) is 0 Å². The standard InChI is InChI=1S/C19H19FN4O3S/c1-10-11(2)28-18-17(10)19(27)24(9-21-18)7-6-16(26)23-13-4-5-14(20)15(8-13)22-12(3)25/h4-5,8-9H,6-7H2,1-3H3,(H,22,25)(H,23,26). The van der Waals surface area contributed by atoms with Crippen LogP contribution in [0.1, 0.15) is 23.8 Å². The van der Waals surface area contributed by atoms with Crippen LogP contribution in [0.2, 0.25) is 0 Å². The Morgan fingerprint density at radius 2 is 2.00 bits per heavy atom. The van der Waals surface area contributed by atoms with E-state index in [0.29, 0.717) is 15.9 Å². The van der Waals surface area contributed by atoms with E-state index in [1.54, 1.807) is 0 Å². The number of nitrogens with one attached hydrogen (secondary N) is 2. The van der Waals surface area contributed by atoms with E-state index in [1.165, 1.54) is 41.3 Å². The van der Waals surface area contributed by atoms with Crippen LogP contribution in [0.15, 0.2) is 29.3 Å². The van der Waals surface area contributed by atoms with Gasteiger partial charge in [0.05, 0.1) is 17.4 Å². The summed E-state index contributed by atoms with van der Waals surface area (Å²) in [5.41, 5.74) is 1.07. The van der Waals surface area contributed by atoms with Gasteiger partial charge in [-0.3, -0.25) is 19.0 Å². The number of nitrogens with zero attached hydrogens (tertiary/aromatic N) is 2. The van der Waals surface area contributed by atoms with E-state index < -0.39 is 11.7 Å². The first kappa shape index (κ1) is 19.7. The van der Waals surface area contributed by atoms with Gasteiger partial charge < -0.3 is 10.6 Å². The number of halogens is 1. The molecule has 3 aromatic rings. The number of carbonyl (C=O) groups excluding carboxylic acids is 2. The number of carbonyl (C=O) groups is 2. The van der Waals surface area contributed by atoms with Gasteiger partial charge in [-0.05, 0) is 37.6 Å². The first-order valence-corrected chi connectivity index (χ1v) is 9.40. The molecule has 0 radical (unpaired) electrons. The maximum atomic E-state index is 13.7. The number of rotatable bonds is 5. The summed E-state index contributed by atoms with van der Waals surface area (Å²) >= 11 is 1.47. The molecule has 2 aromatic heterocycles. The van der Waals surface area contributed by atoms with Gasteiger partial charge in [0.25, 0.3) is 5.56 Å². The molecule has 0 spiro atoms. The third-order valence-electron chi connectivity index (χ3n) is 4.30. The van der Waals surface area contributed by atoms with E-state index in [0.717, 1.165) is 16.5 Å². The van der Waals surface area contributed by atoms with Crippen molar-refractivity contribution in [2.75, 3.05) is 10.6 Å². The lowest BCUT2D eigenvalue weighted by Crippen LogP contribution is -2.23. The van der Waals surface area contributed by atoms with Crippen LogP contribution in [0.3, 0.4) is 0 Å². The number of amides is 2. The van der Waals surface area contributed by atoms with Crippen LogP contribution < -0.4 is 16.2 Å². The van der Waals surface area contributed by atoms with Gasteiger partial charge in [-0.15, -0.1) is 11.3 Å². The summed E-state index contributed by atoms with van der Waals surface area (Å²) in [5.74, 6) is -1.35. The molecular formula is C19H19FN4O3S. The summed E-state index contributed by atoms with van der Waals surface area (Å²) < 4.78 is 15.1. The molecule has 0 aliphatic carbocycles. The Labute approximate surface area is 164 Å². The van der Waals surface area contributed by atoms with Crippen LogP contribution in [-0.4, -0.2) is 21.4 Å². The van der Waals surface area contributed by atoms with E-state index in [1.807, 2.05) is 13.8 Å². The molecule has 0 unspecified atom stereocenters. The predicted octanol–water partition coefficient (Wildman–Crippen LogP) is 3.20. The second kappa shape index (κ2) is 7.89. The van der Waals surface area contributed by atoms with Crippen molar-refractivity contribution in [3.05, 3.63) is 51.1 Å². The molecule has 2 heterocycles. The molecule has 2 N–H and O–H groups in total. The van der Waals surface area contributed by atoms with Crippen LogP contribution in [0.25, 0.3) is 10.2 Å². The van der Waals surface area contributed by atoms with E-state index in [2.05, 4.69) is 15.6 Å². The van der Waals surface area contributed by atoms with Crippen molar-refractivity contribution < 1.29 is 14.0 Å². The molecule has 28 heavy (non-hydrogen) atoms. The molecule has 0 aliphatic rings. The zero-order valence-corrected chi connectivity index (χ0v) is 16.4. The number of fused-ring (bicyclic) bond motifs is 1. The minimum Gasteiger partial charge on any atom is -0.326 e. The van der Waals surface area contributed by atoms with E-state index in [4.69, 9.17) is 0 Å². The van der Waals surface area contributed by atoms with Gasteiger partial charge in [0.2, 0.25) is 11.8 Å². The number of hydrogen-bond donors (Lipinski definition) is 2. The fourth-order valence-corrected chi connectivity index (χ4v) is 3.75. The highest BCUT2D eigenvalue weighted by molar-refractivity contribution is 7.18. The summed E-state index contributed by atoms with van der Waals surface area (Å²) in [6.07, 6.45) is 1.49. The molecule has 9 heteroatoms. The summed E-state index contributed by atoms with van der Waals surface area (Å²) in [6.45, 7) is 5.26. The van der Waals surface area contributed by atoms with Crippen LogP contribution in [-0.2, 0) is 16.1 Å². The molecule has 2 amide bonds. The van der Waals surface area contributed by atoms with Gasteiger partial charge in [0.15, 0.2) is 0 Å². The fourth-order valence-electron chi connectivity index (χ4n) is 2.76. The third kappa shape index (κ3) is 4.09. The van der Waals surface area contributed by atoms with Crippen molar-refractivity contribution >= 4 is 44.7 Å². The number of benzene rings is 1. The van der Waals surface area contributed by atoms with E-state index in [9.17, 15) is 18.8 Å². The fraction of sp³-hybridized carbons (Fsp3) is 0.263. The van der Waals surface area contributed by atoms with Gasteiger partial charge in [-0.25, -0.2) is 9.37 Å². The Morgan fingerprint density at radius 1 is 1.25 bits per heavy atom. The largest absolute Gasteiger partial charge is 0.326 e. The van der Waals surface area contributed by atoms with Crippen LogP contribution in [0.4, 0.5) is 15.8 Å². The first-order valence-electron chi connectivity index (χ1n) is 8.58. The minimum atomic E-state index is -0.597. The number of aryl methyl sites for hydroxylation is 3. The quantitative estimate of drug-likeness (QED) is 0.685. The average molecular weight is 402 g/mol. The summed E-state index contributed by atoms with van der Waals surface area (Å²) in [4.78, 5) is 42.0. The van der Waals surface area contributed by atoms with Gasteiger partial charge in [0.1, 0.15) is 10.6 Å². The number of hydrogen-bond acceptors (Lipinski definition) is 5. The minimum absolute atomic E-state index is 0.0144. The van der Waals surface area contributed by atoms with E-state index >= 15 is 0 Å². The lowest BCUT2D eigenvalue weighted by atomic mass is 10.2. The van der Waals surface area contributed by atoms with Crippen molar-refractivity contribution in [3.8, 4) is 0 Å². The Balaban J connectivity index is 1.70. The third-order valence-corrected chi connectivity index (χ3v) is 5.41. The summed E-state index contributed by atoms with van der Waals surface area (Å²) in [6, 6.07) is 3.90. The molecule has 146 valence electrons. The van der Waals surface area contributed by atoms with Gasteiger partial charge in [0, 0.05) is 30.5 Å². The van der Waals surface area contributed by atoms with Gasteiger partial charge in [-0.1, -0.05) is 0 Å². The zero-order valence-electron chi connectivity index (χ0n) is 15.6. The molecule has 3 rings (SSSR count). The highest BCUT2D eigenvalue weighted by Gasteiger charge is 2.13. The maximum Gasteiger partial charge on any atom is 0.262 e. The van der Waals surface area contributed by atoms with Crippen molar-refractivity contribution in [1.29, 1.82) is 0 Å². The topological polar surface area (TPSA) is 93.1 Å². The highest BCUT2D eigenvalue weighted by atomic mass is 32.1. The number of aromatic nitrogens is 2. The Bertz CT molecular complexity index is 1140. The van der Waals surface area contributed by atoms with E-state index in [-0.39, 0.29) is 30.1 Å².